The third-order valence-corrected chi connectivity index (χ3v) is 4.28. The van der Waals surface area contributed by atoms with Crippen LogP contribution in [0.4, 0.5) is 0 Å². The number of hydrogen-bond donors (Lipinski definition) is 3. The zero-order valence-corrected chi connectivity index (χ0v) is 10.5. The first-order chi connectivity index (χ1) is 8.11. The molecule has 0 aromatic rings. The molecule has 17 heavy (non-hydrogen) atoms. The molecule has 4 N–H and O–H groups in total. The van der Waals surface area contributed by atoms with Gasteiger partial charge in [-0.3, -0.25) is 4.79 Å². The van der Waals surface area contributed by atoms with Crippen molar-refractivity contribution in [2.45, 2.75) is 63.0 Å². The van der Waals surface area contributed by atoms with E-state index in [1.165, 1.54) is 6.42 Å². The van der Waals surface area contributed by atoms with Crippen molar-refractivity contribution < 1.29 is 9.90 Å². The predicted molar refractivity (Wildman–Crippen MR) is 66.4 cm³/mol. The van der Waals surface area contributed by atoms with Gasteiger partial charge < -0.3 is 16.2 Å². The molecule has 0 heterocycles. The normalized spacial score (nSPS) is 32.4. The quantitative estimate of drug-likeness (QED) is 0.687. The Morgan fingerprint density at radius 2 is 1.94 bits per heavy atom. The minimum absolute atomic E-state index is 0.0102. The van der Waals surface area contributed by atoms with Gasteiger partial charge in [-0.05, 0) is 25.7 Å². The van der Waals surface area contributed by atoms with Crippen LogP contribution in [0, 0.1) is 5.92 Å². The van der Waals surface area contributed by atoms with Gasteiger partial charge in [0.1, 0.15) is 0 Å². The fourth-order valence-corrected chi connectivity index (χ4v) is 3.08. The van der Waals surface area contributed by atoms with E-state index in [2.05, 4.69) is 5.32 Å². The lowest BCUT2D eigenvalue weighted by Gasteiger charge is -2.32. The Balaban J connectivity index is 1.79. The maximum Gasteiger partial charge on any atom is 0.224 e. The summed E-state index contributed by atoms with van der Waals surface area (Å²) in [6.07, 6.45) is 7.83. The van der Waals surface area contributed by atoms with Crippen molar-refractivity contribution in [3.05, 3.63) is 0 Å². The fraction of sp³-hybridized carbons (Fsp3) is 0.923. The van der Waals surface area contributed by atoms with Gasteiger partial charge in [0.2, 0.25) is 5.91 Å². The van der Waals surface area contributed by atoms with Crippen molar-refractivity contribution in [3.63, 3.8) is 0 Å². The van der Waals surface area contributed by atoms with Gasteiger partial charge in [-0.1, -0.05) is 25.7 Å². The van der Waals surface area contributed by atoms with E-state index >= 15 is 0 Å². The Morgan fingerprint density at radius 1 is 1.24 bits per heavy atom. The van der Waals surface area contributed by atoms with Gasteiger partial charge >= 0.3 is 0 Å². The van der Waals surface area contributed by atoms with Crippen molar-refractivity contribution in [3.8, 4) is 0 Å². The summed E-state index contributed by atoms with van der Waals surface area (Å²) >= 11 is 0. The Kier molecular flexibility index (Phi) is 4.05. The van der Waals surface area contributed by atoms with Crippen LogP contribution in [0.1, 0.15) is 51.4 Å². The van der Waals surface area contributed by atoms with Gasteiger partial charge in [0.05, 0.1) is 11.5 Å². The lowest BCUT2D eigenvalue weighted by atomic mass is 9.85. The second kappa shape index (κ2) is 5.36. The average molecular weight is 240 g/mol. The lowest BCUT2D eigenvalue weighted by molar-refractivity contribution is -0.126. The summed E-state index contributed by atoms with van der Waals surface area (Å²) in [5, 5.41) is 13.2. The zero-order valence-electron chi connectivity index (χ0n) is 10.5. The summed E-state index contributed by atoms with van der Waals surface area (Å²) in [4.78, 5) is 11.9. The molecule has 2 atom stereocenters. The second-order valence-electron chi connectivity index (χ2n) is 5.70. The smallest absolute Gasteiger partial charge is 0.224 e. The van der Waals surface area contributed by atoms with Crippen molar-refractivity contribution in [2.75, 3.05) is 6.54 Å². The number of rotatable bonds is 3. The van der Waals surface area contributed by atoms with E-state index in [1.54, 1.807) is 0 Å². The molecule has 4 nitrogen and oxygen atoms in total. The first kappa shape index (κ1) is 12.8. The molecule has 2 unspecified atom stereocenters. The van der Waals surface area contributed by atoms with E-state index in [-0.39, 0.29) is 17.9 Å². The van der Waals surface area contributed by atoms with Crippen LogP contribution in [0.2, 0.25) is 0 Å². The molecular formula is C13H24N2O2. The van der Waals surface area contributed by atoms with Crippen LogP contribution < -0.4 is 11.1 Å². The van der Waals surface area contributed by atoms with E-state index in [4.69, 9.17) is 5.73 Å². The Hall–Kier alpha value is -0.610. The first-order valence-corrected chi connectivity index (χ1v) is 6.86. The molecule has 0 radical (unpaired) electrons. The molecule has 0 aromatic heterocycles. The number of carbonyl (C=O) groups is 1. The predicted octanol–water partition coefficient (Wildman–Crippen LogP) is 0.925. The van der Waals surface area contributed by atoms with Crippen LogP contribution in [0.5, 0.6) is 0 Å². The van der Waals surface area contributed by atoms with Gasteiger partial charge in [0, 0.05) is 12.6 Å². The average Bonchev–Trinajstić information content (AvgIpc) is 2.74. The molecular weight excluding hydrogens is 216 g/mol. The third kappa shape index (κ3) is 3.19. The van der Waals surface area contributed by atoms with Crippen molar-refractivity contribution in [2.24, 2.45) is 11.7 Å². The molecule has 98 valence electrons. The second-order valence-corrected chi connectivity index (χ2v) is 5.70. The molecule has 0 spiro atoms. The van der Waals surface area contributed by atoms with E-state index in [1.807, 2.05) is 0 Å². The van der Waals surface area contributed by atoms with Crippen LogP contribution in [0.3, 0.4) is 0 Å². The standard InChI is InChI=1S/C13H24N2O2/c14-11-6-4-5-10(11)12(16)15-9-13(17)7-2-1-3-8-13/h10-11,17H,1-9,14H2,(H,15,16). The van der Waals surface area contributed by atoms with Gasteiger partial charge in [-0.25, -0.2) is 0 Å². The summed E-state index contributed by atoms with van der Waals surface area (Å²) in [6.45, 7) is 0.398. The Labute approximate surface area is 103 Å². The molecule has 2 saturated carbocycles. The minimum atomic E-state index is -0.670. The highest BCUT2D eigenvalue weighted by molar-refractivity contribution is 5.79. The summed E-state index contributed by atoms with van der Waals surface area (Å²) in [5.41, 5.74) is 5.23. The number of nitrogens with two attached hydrogens (primary N) is 1. The highest BCUT2D eigenvalue weighted by Gasteiger charge is 2.33. The number of carbonyl (C=O) groups excluding carboxylic acids is 1. The Bertz CT molecular complexity index is 275. The summed E-state index contributed by atoms with van der Waals surface area (Å²) in [7, 11) is 0. The van der Waals surface area contributed by atoms with Gasteiger partial charge in [0.25, 0.3) is 0 Å². The van der Waals surface area contributed by atoms with Crippen molar-refractivity contribution in [1.82, 2.24) is 5.32 Å². The summed E-state index contributed by atoms with van der Waals surface area (Å²) in [5.74, 6) is -0.00353. The van der Waals surface area contributed by atoms with Crippen LogP contribution in [-0.4, -0.2) is 29.2 Å². The lowest BCUT2D eigenvalue weighted by Crippen LogP contribution is -2.47. The molecule has 0 aromatic carbocycles. The summed E-state index contributed by atoms with van der Waals surface area (Å²) < 4.78 is 0. The monoisotopic (exact) mass is 240 g/mol. The van der Waals surface area contributed by atoms with Crippen LogP contribution in [0.25, 0.3) is 0 Å². The van der Waals surface area contributed by atoms with Gasteiger partial charge in [0.15, 0.2) is 0 Å². The molecule has 2 aliphatic carbocycles. The topological polar surface area (TPSA) is 75.4 Å². The number of hydrogen-bond acceptors (Lipinski definition) is 3. The minimum Gasteiger partial charge on any atom is -0.388 e. The van der Waals surface area contributed by atoms with E-state index < -0.39 is 5.60 Å². The molecule has 4 heteroatoms. The highest BCUT2D eigenvalue weighted by atomic mass is 16.3. The largest absolute Gasteiger partial charge is 0.388 e. The molecule has 0 bridgehead atoms. The van der Waals surface area contributed by atoms with Crippen LogP contribution >= 0.6 is 0 Å². The maximum atomic E-state index is 11.9. The maximum absolute atomic E-state index is 11.9. The third-order valence-electron chi connectivity index (χ3n) is 4.28. The van der Waals surface area contributed by atoms with Crippen LogP contribution in [-0.2, 0) is 4.79 Å². The van der Waals surface area contributed by atoms with E-state index in [9.17, 15) is 9.90 Å². The fourth-order valence-electron chi connectivity index (χ4n) is 3.08. The van der Waals surface area contributed by atoms with Gasteiger partial charge in [-0.2, -0.15) is 0 Å². The zero-order chi connectivity index (χ0) is 12.3. The first-order valence-electron chi connectivity index (χ1n) is 6.86. The van der Waals surface area contributed by atoms with Crippen LogP contribution in [0.15, 0.2) is 0 Å². The van der Waals surface area contributed by atoms with Crippen molar-refractivity contribution in [1.29, 1.82) is 0 Å². The number of nitrogens with one attached hydrogen (secondary N) is 1. The molecule has 0 saturated heterocycles. The number of aliphatic hydroxyl groups is 1. The van der Waals surface area contributed by atoms with E-state index in [0.717, 1.165) is 44.9 Å². The molecule has 0 aliphatic heterocycles. The van der Waals surface area contributed by atoms with Gasteiger partial charge in [-0.15, -0.1) is 0 Å². The molecule has 1 amide bonds. The van der Waals surface area contributed by atoms with E-state index in [0.29, 0.717) is 6.54 Å². The SMILES string of the molecule is NC1CCCC1C(=O)NCC1(O)CCCCC1. The number of amides is 1. The molecule has 2 fully saturated rings. The molecule has 2 aliphatic rings. The Morgan fingerprint density at radius 3 is 2.53 bits per heavy atom. The summed E-state index contributed by atoms with van der Waals surface area (Å²) in [6, 6.07) is 0.0102. The van der Waals surface area contributed by atoms with Crippen molar-refractivity contribution >= 4 is 5.91 Å². The highest BCUT2D eigenvalue weighted by Crippen LogP contribution is 2.28. The molecule has 2 rings (SSSR count).